The lowest BCUT2D eigenvalue weighted by atomic mass is 9.89. The summed E-state index contributed by atoms with van der Waals surface area (Å²) in [7, 11) is 1.67. The van der Waals surface area contributed by atoms with Crippen LogP contribution in [-0.4, -0.2) is 36.3 Å². The van der Waals surface area contributed by atoms with Gasteiger partial charge in [0.1, 0.15) is 11.4 Å². The van der Waals surface area contributed by atoms with Crippen molar-refractivity contribution in [3.63, 3.8) is 0 Å². The predicted molar refractivity (Wildman–Crippen MR) is 77.7 cm³/mol. The molecular formula is C13H19BrN2O3. The highest BCUT2D eigenvalue weighted by Gasteiger charge is 2.19. The van der Waals surface area contributed by atoms with Gasteiger partial charge in [-0.2, -0.15) is 0 Å². The van der Waals surface area contributed by atoms with Gasteiger partial charge >= 0.3 is 5.97 Å². The van der Waals surface area contributed by atoms with E-state index in [4.69, 9.17) is 9.84 Å². The number of rotatable bonds is 7. The van der Waals surface area contributed by atoms with Gasteiger partial charge in [-0.3, -0.25) is 0 Å². The van der Waals surface area contributed by atoms with Crippen LogP contribution in [0.25, 0.3) is 0 Å². The molecule has 0 aliphatic carbocycles. The molecule has 0 spiro atoms. The van der Waals surface area contributed by atoms with Crippen molar-refractivity contribution in [2.45, 2.75) is 20.3 Å². The lowest BCUT2D eigenvalue weighted by Crippen LogP contribution is -2.25. The molecule has 0 bridgehead atoms. The van der Waals surface area contributed by atoms with Crippen molar-refractivity contribution >= 4 is 27.7 Å². The maximum Gasteiger partial charge on any atom is 0.339 e. The van der Waals surface area contributed by atoms with E-state index in [2.05, 4.69) is 40.1 Å². The molecule has 0 amide bonds. The highest BCUT2D eigenvalue weighted by molar-refractivity contribution is 9.10. The van der Waals surface area contributed by atoms with Crippen molar-refractivity contribution in [2.75, 3.05) is 25.6 Å². The standard InChI is InChI=1S/C13H19BrN2O3/c1-13(2,4-5-19-3)8-16-11-10(12(17)18)6-9(14)7-15-11/h6-7H,4-5,8H2,1-3H3,(H,15,16)(H,17,18). The Bertz CT molecular complexity index is 450. The van der Waals surface area contributed by atoms with E-state index < -0.39 is 5.97 Å². The zero-order chi connectivity index (χ0) is 14.5. The quantitative estimate of drug-likeness (QED) is 0.804. The van der Waals surface area contributed by atoms with Crippen molar-refractivity contribution < 1.29 is 14.6 Å². The molecular weight excluding hydrogens is 312 g/mol. The van der Waals surface area contributed by atoms with Crippen LogP contribution in [0.2, 0.25) is 0 Å². The van der Waals surface area contributed by atoms with Gasteiger partial charge in [0.15, 0.2) is 0 Å². The number of halogens is 1. The number of hydrogen-bond donors (Lipinski definition) is 2. The van der Waals surface area contributed by atoms with E-state index in [0.717, 1.165) is 6.42 Å². The van der Waals surface area contributed by atoms with Gasteiger partial charge in [-0.05, 0) is 33.8 Å². The number of carboxylic acids is 1. The normalized spacial score (nSPS) is 11.4. The van der Waals surface area contributed by atoms with Crippen molar-refractivity contribution in [3.05, 3.63) is 22.3 Å². The van der Waals surface area contributed by atoms with Gasteiger partial charge in [0.25, 0.3) is 0 Å². The van der Waals surface area contributed by atoms with Crippen LogP contribution in [0.15, 0.2) is 16.7 Å². The second kappa shape index (κ2) is 6.86. The summed E-state index contributed by atoms with van der Waals surface area (Å²) in [5, 5.41) is 12.2. The Hall–Kier alpha value is -1.14. The van der Waals surface area contributed by atoms with E-state index in [0.29, 0.717) is 23.4 Å². The number of nitrogens with one attached hydrogen (secondary N) is 1. The lowest BCUT2D eigenvalue weighted by molar-refractivity contribution is 0.0697. The van der Waals surface area contributed by atoms with Gasteiger partial charge in [0.05, 0.1) is 0 Å². The summed E-state index contributed by atoms with van der Waals surface area (Å²) in [6.07, 6.45) is 2.46. The first kappa shape index (κ1) is 15.9. The van der Waals surface area contributed by atoms with E-state index in [-0.39, 0.29) is 11.0 Å². The number of nitrogens with zero attached hydrogens (tertiary/aromatic N) is 1. The Morgan fingerprint density at radius 2 is 2.26 bits per heavy atom. The molecule has 0 unspecified atom stereocenters. The maximum absolute atomic E-state index is 11.1. The average molecular weight is 331 g/mol. The van der Waals surface area contributed by atoms with Crippen LogP contribution >= 0.6 is 15.9 Å². The molecule has 0 saturated carbocycles. The Kier molecular flexibility index (Phi) is 5.75. The fourth-order valence-corrected chi connectivity index (χ4v) is 1.86. The molecule has 0 saturated heterocycles. The maximum atomic E-state index is 11.1. The van der Waals surface area contributed by atoms with Crippen molar-refractivity contribution in [2.24, 2.45) is 5.41 Å². The van der Waals surface area contributed by atoms with Gasteiger partial charge in [0.2, 0.25) is 0 Å². The second-order valence-electron chi connectivity index (χ2n) is 5.12. The summed E-state index contributed by atoms with van der Waals surface area (Å²) in [5.74, 6) is -0.604. The molecule has 2 N–H and O–H groups in total. The van der Waals surface area contributed by atoms with Gasteiger partial charge < -0.3 is 15.2 Å². The molecule has 0 aliphatic rings. The first-order valence-corrected chi connectivity index (χ1v) is 6.77. The van der Waals surface area contributed by atoms with E-state index in [1.165, 1.54) is 0 Å². The molecule has 1 aromatic rings. The fraction of sp³-hybridized carbons (Fsp3) is 0.538. The smallest absolute Gasteiger partial charge is 0.339 e. The first-order valence-electron chi connectivity index (χ1n) is 5.97. The zero-order valence-electron chi connectivity index (χ0n) is 11.4. The Morgan fingerprint density at radius 1 is 1.58 bits per heavy atom. The number of aromatic nitrogens is 1. The van der Waals surface area contributed by atoms with E-state index >= 15 is 0 Å². The van der Waals surface area contributed by atoms with Crippen LogP contribution in [0.1, 0.15) is 30.6 Å². The summed E-state index contributed by atoms with van der Waals surface area (Å²) in [6, 6.07) is 1.54. The summed E-state index contributed by atoms with van der Waals surface area (Å²) in [4.78, 5) is 15.3. The van der Waals surface area contributed by atoms with Crippen LogP contribution in [0.3, 0.4) is 0 Å². The molecule has 5 nitrogen and oxygen atoms in total. The summed E-state index contributed by atoms with van der Waals surface area (Å²) >= 11 is 3.22. The van der Waals surface area contributed by atoms with Gasteiger partial charge in [-0.1, -0.05) is 13.8 Å². The molecule has 0 atom stereocenters. The highest BCUT2D eigenvalue weighted by atomic mass is 79.9. The number of carbonyl (C=O) groups is 1. The van der Waals surface area contributed by atoms with Crippen LogP contribution in [0, 0.1) is 5.41 Å². The number of carboxylic acid groups (broad SMARTS) is 1. The highest BCUT2D eigenvalue weighted by Crippen LogP contribution is 2.23. The molecule has 106 valence electrons. The SMILES string of the molecule is COCCC(C)(C)CNc1ncc(Br)cc1C(=O)O. The molecule has 19 heavy (non-hydrogen) atoms. The first-order chi connectivity index (χ1) is 8.85. The summed E-state index contributed by atoms with van der Waals surface area (Å²) in [6.45, 7) is 5.50. The van der Waals surface area contributed by atoms with E-state index in [9.17, 15) is 4.79 Å². The molecule has 0 radical (unpaired) electrons. The van der Waals surface area contributed by atoms with Crippen LogP contribution in [0.5, 0.6) is 0 Å². The molecule has 6 heteroatoms. The molecule has 0 aliphatic heterocycles. The molecule has 0 fully saturated rings. The van der Waals surface area contributed by atoms with E-state index in [1.807, 2.05) is 0 Å². The second-order valence-corrected chi connectivity index (χ2v) is 6.03. The monoisotopic (exact) mass is 330 g/mol. The largest absolute Gasteiger partial charge is 0.478 e. The van der Waals surface area contributed by atoms with Crippen molar-refractivity contribution in [1.29, 1.82) is 0 Å². The summed E-state index contributed by atoms with van der Waals surface area (Å²) < 4.78 is 5.71. The molecule has 1 aromatic heterocycles. The minimum atomic E-state index is -0.994. The van der Waals surface area contributed by atoms with Crippen LogP contribution in [-0.2, 0) is 4.74 Å². The number of ether oxygens (including phenoxy) is 1. The Morgan fingerprint density at radius 3 is 2.84 bits per heavy atom. The summed E-state index contributed by atoms with van der Waals surface area (Å²) in [5.41, 5.74) is 0.164. The van der Waals surface area contributed by atoms with Crippen molar-refractivity contribution in [1.82, 2.24) is 4.98 Å². The number of methoxy groups -OCH3 is 1. The third-order valence-electron chi connectivity index (χ3n) is 2.80. The average Bonchev–Trinajstić information content (AvgIpc) is 2.35. The number of anilines is 1. The number of aromatic carboxylic acids is 1. The number of hydrogen-bond acceptors (Lipinski definition) is 4. The van der Waals surface area contributed by atoms with E-state index in [1.54, 1.807) is 19.4 Å². The topological polar surface area (TPSA) is 71.5 Å². The lowest BCUT2D eigenvalue weighted by Gasteiger charge is -2.25. The van der Waals surface area contributed by atoms with Gasteiger partial charge in [-0.15, -0.1) is 0 Å². The fourth-order valence-electron chi connectivity index (χ4n) is 1.53. The van der Waals surface area contributed by atoms with Crippen molar-refractivity contribution in [3.8, 4) is 0 Å². The minimum absolute atomic E-state index is 0.000533. The predicted octanol–water partition coefficient (Wildman–Crippen LogP) is 3.02. The molecule has 1 heterocycles. The zero-order valence-corrected chi connectivity index (χ0v) is 13.0. The molecule has 1 rings (SSSR count). The minimum Gasteiger partial charge on any atom is -0.478 e. The van der Waals surface area contributed by atoms with Crippen LogP contribution < -0.4 is 5.32 Å². The van der Waals surface area contributed by atoms with Gasteiger partial charge in [-0.25, -0.2) is 9.78 Å². The third-order valence-corrected chi connectivity index (χ3v) is 3.24. The van der Waals surface area contributed by atoms with Gasteiger partial charge in [0, 0.05) is 30.9 Å². The van der Waals surface area contributed by atoms with Crippen LogP contribution in [0.4, 0.5) is 5.82 Å². The molecule has 0 aromatic carbocycles. The third kappa shape index (κ3) is 5.16. The Balaban J connectivity index is 2.75. The number of pyridine rings is 1. The Labute approximate surface area is 121 Å².